The van der Waals surface area contributed by atoms with Crippen LogP contribution in [0.1, 0.15) is 30.3 Å². The minimum atomic E-state index is 0.186. The molecule has 0 unspecified atom stereocenters. The number of hydrogen-bond acceptors (Lipinski definition) is 6. The maximum Gasteiger partial charge on any atom is 0.236 e. The van der Waals surface area contributed by atoms with E-state index in [2.05, 4.69) is 19.9 Å². The van der Waals surface area contributed by atoms with Crippen molar-refractivity contribution in [2.24, 2.45) is 0 Å². The van der Waals surface area contributed by atoms with Gasteiger partial charge in [-0.15, -0.1) is 11.3 Å². The van der Waals surface area contributed by atoms with Crippen molar-refractivity contribution in [1.29, 1.82) is 0 Å². The third kappa shape index (κ3) is 4.90. The zero-order chi connectivity index (χ0) is 18.4. The molecule has 142 valence electrons. The highest BCUT2D eigenvalue weighted by Gasteiger charge is 2.27. The molecule has 1 saturated heterocycles. The number of methoxy groups -OCH3 is 1. The third-order valence-corrected chi connectivity index (χ3v) is 5.42. The number of hydrogen-bond donors (Lipinski definition) is 0. The molecule has 2 aromatic rings. The molecule has 2 aromatic heterocycles. The number of rotatable bonds is 8. The topological polar surface area (TPSA) is 63.5 Å². The third-order valence-electron chi connectivity index (χ3n) is 4.79. The summed E-state index contributed by atoms with van der Waals surface area (Å²) in [5, 5.41) is 2.07. The largest absolute Gasteiger partial charge is 0.383 e. The minimum Gasteiger partial charge on any atom is -0.383 e. The lowest BCUT2D eigenvalue weighted by Gasteiger charge is -2.33. The first-order valence-corrected chi connectivity index (χ1v) is 9.95. The Balaban J connectivity index is 1.60. The summed E-state index contributed by atoms with van der Waals surface area (Å²) < 4.78 is 7.24. The lowest BCUT2D eigenvalue weighted by Crippen LogP contribution is -2.44. The number of piperidine rings is 1. The number of amides is 1. The van der Waals surface area contributed by atoms with E-state index in [0.29, 0.717) is 13.2 Å². The summed E-state index contributed by atoms with van der Waals surface area (Å²) in [5.74, 6) is 1.53. The summed E-state index contributed by atoms with van der Waals surface area (Å²) >= 11 is 1.61. The number of thiazole rings is 1. The van der Waals surface area contributed by atoms with Crippen molar-refractivity contribution in [2.75, 3.05) is 46.9 Å². The lowest BCUT2D eigenvalue weighted by atomic mass is 9.97. The molecule has 0 saturated carbocycles. The molecule has 1 aliphatic rings. The van der Waals surface area contributed by atoms with Crippen LogP contribution in [-0.2, 0) is 16.1 Å². The van der Waals surface area contributed by atoms with Gasteiger partial charge < -0.3 is 14.2 Å². The minimum absolute atomic E-state index is 0.186. The van der Waals surface area contributed by atoms with E-state index in [0.717, 1.165) is 50.5 Å². The van der Waals surface area contributed by atoms with Crippen LogP contribution in [0.25, 0.3) is 0 Å². The molecule has 0 aliphatic carbocycles. The Morgan fingerprint density at radius 2 is 2.35 bits per heavy atom. The first kappa shape index (κ1) is 19.0. The highest BCUT2D eigenvalue weighted by molar-refractivity contribution is 7.07. The molecular weight excluding hydrogens is 350 g/mol. The van der Waals surface area contributed by atoms with Gasteiger partial charge in [0.1, 0.15) is 5.82 Å². The van der Waals surface area contributed by atoms with E-state index in [-0.39, 0.29) is 11.8 Å². The summed E-state index contributed by atoms with van der Waals surface area (Å²) in [6.45, 7) is 4.15. The Morgan fingerprint density at radius 3 is 3.12 bits per heavy atom. The van der Waals surface area contributed by atoms with Crippen LogP contribution < -0.4 is 0 Å². The fourth-order valence-electron chi connectivity index (χ4n) is 3.38. The predicted molar refractivity (Wildman–Crippen MR) is 101 cm³/mol. The van der Waals surface area contributed by atoms with Gasteiger partial charge in [0.2, 0.25) is 5.91 Å². The summed E-state index contributed by atoms with van der Waals surface area (Å²) in [6, 6.07) is 0. The summed E-state index contributed by atoms with van der Waals surface area (Å²) in [5.41, 5.74) is 2.91. The second kappa shape index (κ2) is 9.25. The van der Waals surface area contributed by atoms with Crippen molar-refractivity contribution in [2.45, 2.75) is 25.3 Å². The van der Waals surface area contributed by atoms with E-state index in [1.807, 2.05) is 34.8 Å². The first-order valence-electron chi connectivity index (χ1n) is 9.00. The van der Waals surface area contributed by atoms with Crippen molar-refractivity contribution in [3.05, 3.63) is 34.8 Å². The number of likely N-dealkylation sites (N-methyl/N-ethyl adjacent to an activating group) is 1. The van der Waals surface area contributed by atoms with Crippen LogP contribution in [0.2, 0.25) is 0 Å². The predicted octanol–water partition coefficient (Wildman–Crippen LogP) is 1.67. The number of carbonyl (C=O) groups excluding carboxylic acids is 1. The average molecular weight is 378 g/mol. The maximum absolute atomic E-state index is 12.6. The van der Waals surface area contributed by atoms with E-state index in [1.165, 1.54) is 0 Å². The fourth-order valence-corrected chi connectivity index (χ4v) is 3.93. The molecular formula is C18H27N5O2S. The molecule has 0 radical (unpaired) electrons. The Labute approximate surface area is 158 Å². The quantitative estimate of drug-likeness (QED) is 0.700. The Morgan fingerprint density at radius 1 is 1.46 bits per heavy atom. The van der Waals surface area contributed by atoms with Crippen LogP contribution in [0.15, 0.2) is 23.3 Å². The van der Waals surface area contributed by atoms with Gasteiger partial charge in [0.05, 0.1) is 30.9 Å². The van der Waals surface area contributed by atoms with Crippen LogP contribution in [-0.4, -0.2) is 77.2 Å². The lowest BCUT2D eigenvalue weighted by molar-refractivity contribution is -0.133. The van der Waals surface area contributed by atoms with E-state index in [4.69, 9.17) is 4.74 Å². The smallest absolute Gasteiger partial charge is 0.236 e. The van der Waals surface area contributed by atoms with Gasteiger partial charge in [-0.25, -0.2) is 9.97 Å². The van der Waals surface area contributed by atoms with Crippen LogP contribution >= 0.6 is 11.3 Å². The van der Waals surface area contributed by atoms with Gasteiger partial charge in [-0.2, -0.15) is 0 Å². The van der Waals surface area contributed by atoms with Gasteiger partial charge in [-0.05, 0) is 19.9 Å². The van der Waals surface area contributed by atoms with Gasteiger partial charge >= 0.3 is 0 Å². The van der Waals surface area contributed by atoms with Gasteiger partial charge in [0, 0.05) is 50.4 Å². The first-order chi connectivity index (χ1) is 12.7. The highest BCUT2D eigenvalue weighted by atomic mass is 32.1. The number of likely N-dealkylation sites (tertiary alicyclic amines) is 1. The zero-order valence-corrected chi connectivity index (χ0v) is 16.3. The molecule has 1 amide bonds. The summed E-state index contributed by atoms with van der Waals surface area (Å²) in [6.07, 6.45) is 5.94. The molecule has 0 N–H and O–H groups in total. The number of imidazole rings is 1. The number of ether oxygens (including phenoxy) is 1. The van der Waals surface area contributed by atoms with Gasteiger partial charge in [0.25, 0.3) is 0 Å². The average Bonchev–Trinajstić information content (AvgIpc) is 3.32. The van der Waals surface area contributed by atoms with Gasteiger partial charge in [-0.1, -0.05) is 0 Å². The molecule has 7 nitrogen and oxygen atoms in total. The standard InChI is InChI=1S/C18H27N5O2S/c1-21(8-9-25-2)12-17(24)22-6-3-4-15(10-22)18-19-5-7-23(18)11-16-13-26-14-20-16/h5,7,13-15H,3-4,6,8-12H2,1-2H3/t15-/m0/s1. The molecule has 1 aliphatic heterocycles. The second-order valence-corrected chi connectivity index (χ2v) is 7.52. The normalized spacial score (nSPS) is 17.8. The van der Waals surface area contributed by atoms with Crippen molar-refractivity contribution in [1.82, 2.24) is 24.3 Å². The number of aromatic nitrogens is 3. The van der Waals surface area contributed by atoms with E-state index in [1.54, 1.807) is 18.4 Å². The zero-order valence-electron chi connectivity index (χ0n) is 15.5. The molecule has 3 rings (SSSR count). The Hall–Kier alpha value is -1.77. The molecule has 0 aromatic carbocycles. The molecule has 26 heavy (non-hydrogen) atoms. The molecule has 1 fully saturated rings. The molecule has 0 spiro atoms. The summed E-state index contributed by atoms with van der Waals surface area (Å²) in [7, 11) is 3.64. The van der Waals surface area contributed by atoms with E-state index in [9.17, 15) is 4.79 Å². The SMILES string of the molecule is COCCN(C)CC(=O)N1CCC[C@H](c2nccn2Cc2cscn2)C1. The van der Waals surface area contributed by atoms with Crippen molar-refractivity contribution < 1.29 is 9.53 Å². The van der Waals surface area contributed by atoms with Crippen molar-refractivity contribution in [3.8, 4) is 0 Å². The molecule has 1 atom stereocenters. The van der Waals surface area contributed by atoms with E-state index >= 15 is 0 Å². The fraction of sp³-hybridized carbons (Fsp3) is 0.611. The van der Waals surface area contributed by atoms with Crippen molar-refractivity contribution in [3.63, 3.8) is 0 Å². The number of nitrogens with zero attached hydrogens (tertiary/aromatic N) is 5. The maximum atomic E-state index is 12.6. The Bertz CT molecular complexity index is 688. The molecule has 8 heteroatoms. The second-order valence-electron chi connectivity index (χ2n) is 6.80. The van der Waals surface area contributed by atoms with Crippen LogP contribution in [0.3, 0.4) is 0 Å². The van der Waals surface area contributed by atoms with Gasteiger partial charge in [0.15, 0.2) is 0 Å². The van der Waals surface area contributed by atoms with Crippen LogP contribution in [0.4, 0.5) is 0 Å². The van der Waals surface area contributed by atoms with Gasteiger partial charge in [-0.3, -0.25) is 9.69 Å². The molecule has 3 heterocycles. The summed E-state index contributed by atoms with van der Waals surface area (Å²) in [4.78, 5) is 25.6. The van der Waals surface area contributed by atoms with Crippen LogP contribution in [0, 0.1) is 0 Å². The highest BCUT2D eigenvalue weighted by Crippen LogP contribution is 2.26. The van der Waals surface area contributed by atoms with Crippen molar-refractivity contribution >= 4 is 17.2 Å². The monoisotopic (exact) mass is 377 g/mol. The molecule has 0 bridgehead atoms. The van der Waals surface area contributed by atoms with Crippen LogP contribution in [0.5, 0.6) is 0 Å². The van der Waals surface area contributed by atoms with E-state index < -0.39 is 0 Å². The number of carbonyl (C=O) groups is 1. The Kier molecular flexibility index (Phi) is 6.76.